The van der Waals surface area contributed by atoms with E-state index < -0.39 is 11.6 Å². The van der Waals surface area contributed by atoms with Crippen molar-refractivity contribution in [3.05, 3.63) is 36.0 Å². The summed E-state index contributed by atoms with van der Waals surface area (Å²) in [6, 6.07) is 7.90. The van der Waals surface area contributed by atoms with Crippen molar-refractivity contribution in [1.82, 2.24) is 15.6 Å². The van der Waals surface area contributed by atoms with Gasteiger partial charge in [-0.2, -0.15) is 0 Å². The second-order valence-corrected chi connectivity index (χ2v) is 6.97. The van der Waals surface area contributed by atoms with Gasteiger partial charge in [0.15, 0.2) is 0 Å². The van der Waals surface area contributed by atoms with Crippen molar-refractivity contribution in [2.45, 2.75) is 58.9 Å². The maximum Gasteiger partial charge on any atom is 0.322 e. The molecule has 7 nitrogen and oxygen atoms in total. The second-order valence-electron chi connectivity index (χ2n) is 6.97. The number of unbranched alkanes of at least 4 members (excludes halogenated alkanes) is 2. The summed E-state index contributed by atoms with van der Waals surface area (Å²) in [5.74, 6) is -0.453. The number of nitrogens with two attached hydrogens (primary N) is 1. The number of H-pyrrole nitrogens is 1. The number of imide groups is 1. The van der Waals surface area contributed by atoms with Crippen molar-refractivity contribution < 1.29 is 14.4 Å². The number of benzene rings is 1. The Morgan fingerprint density at radius 1 is 1.15 bits per heavy atom. The zero-order valence-electron chi connectivity index (χ0n) is 16.5. The molecule has 1 aliphatic rings. The van der Waals surface area contributed by atoms with Crippen molar-refractivity contribution >= 4 is 28.7 Å². The topological polar surface area (TPSA) is 117 Å². The highest BCUT2D eigenvalue weighted by Crippen LogP contribution is 2.15. The number of primary amides is 1. The maximum absolute atomic E-state index is 10.7. The smallest absolute Gasteiger partial charge is 0.322 e. The highest BCUT2D eigenvalue weighted by atomic mass is 16.2. The molecule has 2 heterocycles. The molecule has 1 aromatic carbocycles. The standard InChI is InChI=1S/C9H9N.C6H13NO.C5H8N2O2/c1-7-6-10-9-5-3-2-4-8(7)9;1-2-3-4-5-6(7)8;1-5(2)3(8)6-4(9)7-5/h2-6,10H,1H3;2-5H2,1H3,(H2,7,8);1-2H3,(H2,6,7,8,9). The Bertz CT molecular complexity index is 780. The van der Waals surface area contributed by atoms with Crippen LogP contribution in [-0.4, -0.2) is 28.4 Å². The summed E-state index contributed by atoms with van der Waals surface area (Å²) in [5, 5.41) is 5.88. The first-order chi connectivity index (χ1) is 12.7. The second kappa shape index (κ2) is 10.4. The number of carbonyl (C=O) groups is 3. The minimum atomic E-state index is -0.725. The number of carbonyl (C=O) groups excluding carboxylic acids is 3. The summed E-state index contributed by atoms with van der Waals surface area (Å²) in [4.78, 5) is 34.4. The number of aromatic nitrogens is 1. The van der Waals surface area contributed by atoms with Crippen molar-refractivity contribution in [2.75, 3.05) is 0 Å². The fraction of sp³-hybridized carbons (Fsp3) is 0.450. The number of aryl methyl sites for hydroxylation is 1. The number of nitrogens with one attached hydrogen (secondary N) is 3. The van der Waals surface area contributed by atoms with Gasteiger partial charge in [-0.25, -0.2) is 4.79 Å². The van der Waals surface area contributed by atoms with Crippen LogP contribution in [0.15, 0.2) is 30.5 Å². The average Bonchev–Trinajstić information content (AvgIpc) is 3.08. The van der Waals surface area contributed by atoms with Crippen molar-refractivity contribution in [1.29, 1.82) is 0 Å². The molecule has 1 fully saturated rings. The molecule has 1 aliphatic heterocycles. The van der Waals surface area contributed by atoms with Gasteiger partial charge in [-0.3, -0.25) is 14.9 Å². The molecule has 1 saturated heterocycles. The van der Waals surface area contributed by atoms with Crippen molar-refractivity contribution in [3.8, 4) is 0 Å². The summed E-state index contributed by atoms with van der Waals surface area (Å²) in [6.45, 7) is 7.50. The van der Waals surface area contributed by atoms with Gasteiger partial charge in [-0.15, -0.1) is 0 Å². The largest absolute Gasteiger partial charge is 0.370 e. The summed E-state index contributed by atoms with van der Waals surface area (Å²) in [5.41, 5.74) is 6.71. The van der Waals surface area contributed by atoms with Crippen LogP contribution in [0.4, 0.5) is 4.79 Å². The molecule has 148 valence electrons. The number of para-hydroxylation sites is 1. The number of amides is 4. The summed E-state index contributed by atoms with van der Waals surface area (Å²) < 4.78 is 0. The highest BCUT2D eigenvalue weighted by Gasteiger charge is 2.36. The molecule has 0 spiro atoms. The van der Waals surface area contributed by atoms with Crippen LogP contribution >= 0.6 is 0 Å². The zero-order valence-corrected chi connectivity index (χ0v) is 16.5. The van der Waals surface area contributed by atoms with E-state index in [2.05, 4.69) is 47.7 Å². The fourth-order valence-electron chi connectivity index (χ4n) is 2.40. The lowest BCUT2D eigenvalue weighted by Gasteiger charge is -2.11. The van der Waals surface area contributed by atoms with E-state index in [1.54, 1.807) is 13.8 Å². The Kier molecular flexibility index (Phi) is 8.51. The van der Waals surface area contributed by atoms with Gasteiger partial charge >= 0.3 is 6.03 Å². The van der Waals surface area contributed by atoms with E-state index in [1.807, 2.05) is 12.3 Å². The molecular formula is C20H30N4O3. The fourth-order valence-corrected chi connectivity index (χ4v) is 2.40. The number of rotatable bonds is 4. The van der Waals surface area contributed by atoms with E-state index in [0.29, 0.717) is 6.42 Å². The molecule has 0 unspecified atom stereocenters. The molecule has 0 radical (unpaired) electrons. The van der Waals surface area contributed by atoms with E-state index in [-0.39, 0.29) is 11.8 Å². The lowest BCUT2D eigenvalue weighted by Crippen LogP contribution is -2.39. The van der Waals surface area contributed by atoms with Crippen LogP contribution in [0, 0.1) is 6.92 Å². The van der Waals surface area contributed by atoms with Gasteiger partial charge in [0.05, 0.1) is 0 Å². The van der Waals surface area contributed by atoms with Gasteiger partial charge in [-0.05, 0) is 38.8 Å². The van der Waals surface area contributed by atoms with Gasteiger partial charge in [-0.1, -0.05) is 38.0 Å². The van der Waals surface area contributed by atoms with Crippen LogP contribution in [-0.2, 0) is 9.59 Å². The summed E-state index contributed by atoms with van der Waals surface area (Å²) in [7, 11) is 0. The molecular weight excluding hydrogens is 344 g/mol. The van der Waals surface area contributed by atoms with E-state index in [1.165, 1.54) is 16.5 Å². The van der Waals surface area contributed by atoms with E-state index in [9.17, 15) is 14.4 Å². The average molecular weight is 374 g/mol. The quantitative estimate of drug-likeness (QED) is 0.486. The number of fused-ring (bicyclic) bond motifs is 1. The van der Waals surface area contributed by atoms with Crippen LogP contribution in [0.25, 0.3) is 10.9 Å². The molecule has 5 N–H and O–H groups in total. The molecule has 4 amide bonds. The molecule has 3 rings (SSSR count). The predicted molar refractivity (Wildman–Crippen MR) is 107 cm³/mol. The molecule has 1 aromatic heterocycles. The van der Waals surface area contributed by atoms with Crippen LogP contribution in [0.2, 0.25) is 0 Å². The molecule has 7 heteroatoms. The molecule has 0 atom stereocenters. The van der Waals surface area contributed by atoms with Crippen LogP contribution in [0.3, 0.4) is 0 Å². The third-order valence-corrected chi connectivity index (χ3v) is 4.04. The maximum atomic E-state index is 10.7. The first-order valence-corrected chi connectivity index (χ1v) is 9.12. The predicted octanol–water partition coefficient (Wildman–Crippen LogP) is 3.13. The zero-order chi connectivity index (χ0) is 20.4. The summed E-state index contributed by atoms with van der Waals surface area (Å²) >= 11 is 0. The monoisotopic (exact) mass is 374 g/mol. The molecule has 2 aromatic rings. The SMILES string of the molecule is CC1(C)NC(=O)NC1=O.CCCCCC(N)=O.Cc1c[nH]c2ccccc12. The van der Waals surface area contributed by atoms with E-state index in [4.69, 9.17) is 5.73 Å². The van der Waals surface area contributed by atoms with Crippen LogP contribution < -0.4 is 16.4 Å². The third-order valence-electron chi connectivity index (χ3n) is 4.04. The lowest BCUT2D eigenvalue weighted by molar-refractivity contribution is -0.122. The lowest BCUT2D eigenvalue weighted by atomic mass is 10.1. The van der Waals surface area contributed by atoms with Gasteiger partial charge in [0.25, 0.3) is 5.91 Å². The first-order valence-electron chi connectivity index (χ1n) is 9.12. The molecule has 27 heavy (non-hydrogen) atoms. The van der Waals surface area contributed by atoms with Gasteiger partial charge < -0.3 is 16.0 Å². The Labute approximate surface area is 160 Å². The molecule has 0 saturated carbocycles. The number of aromatic amines is 1. The van der Waals surface area contributed by atoms with Gasteiger partial charge in [0.1, 0.15) is 5.54 Å². The summed E-state index contributed by atoms with van der Waals surface area (Å²) in [6.07, 6.45) is 5.79. The number of hydrogen-bond acceptors (Lipinski definition) is 3. The normalized spacial score (nSPS) is 14.4. The van der Waals surface area contributed by atoms with Crippen LogP contribution in [0.1, 0.15) is 52.0 Å². The van der Waals surface area contributed by atoms with Crippen molar-refractivity contribution in [2.24, 2.45) is 5.73 Å². The van der Waals surface area contributed by atoms with E-state index in [0.717, 1.165) is 19.3 Å². The number of urea groups is 1. The Balaban J connectivity index is 0.000000205. The first kappa shape index (κ1) is 22.2. The molecule has 0 bridgehead atoms. The van der Waals surface area contributed by atoms with Crippen molar-refractivity contribution in [3.63, 3.8) is 0 Å². The Morgan fingerprint density at radius 2 is 1.81 bits per heavy atom. The number of hydrogen-bond donors (Lipinski definition) is 4. The Morgan fingerprint density at radius 3 is 2.26 bits per heavy atom. The van der Waals surface area contributed by atoms with Gasteiger partial charge in [0.2, 0.25) is 5.91 Å². The van der Waals surface area contributed by atoms with Gasteiger partial charge in [0, 0.05) is 23.5 Å². The highest BCUT2D eigenvalue weighted by molar-refractivity contribution is 6.06. The van der Waals surface area contributed by atoms with E-state index >= 15 is 0 Å². The molecule has 0 aliphatic carbocycles. The van der Waals surface area contributed by atoms with Crippen LogP contribution in [0.5, 0.6) is 0 Å². The third kappa shape index (κ3) is 7.52. The minimum Gasteiger partial charge on any atom is -0.370 e. The Hall–Kier alpha value is -2.83. The minimum absolute atomic E-state index is 0.182.